The summed E-state index contributed by atoms with van der Waals surface area (Å²) in [6, 6.07) is 3.43. The summed E-state index contributed by atoms with van der Waals surface area (Å²) < 4.78 is 50.0. The van der Waals surface area contributed by atoms with Crippen molar-refractivity contribution in [2.45, 2.75) is 51.1 Å². The van der Waals surface area contributed by atoms with Crippen molar-refractivity contribution in [2.24, 2.45) is 23.7 Å². The lowest BCUT2D eigenvalue weighted by molar-refractivity contribution is -0.185. The number of ether oxygens (including phenoxy) is 2. The lowest BCUT2D eigenvalue weighted by Crippen LogP contribution is -2.38. The number of carbonyl (C=O) groups excluding carboxylic acids is 2. The molecule has 10 heteroatoms. The Labute approximate surface area is 203 Å². The van der Waals surface area contributed by atoms with Gasteiger partial charge in [0.1, 0.15) is 0 Å². The van der Waals surface area contributed by atoms with E-state index in [0.29, 0.717) is 64.0 Å². The summed E-state index contributed by atoms with van der Waals surface area (Å²) in [6.07, 6.45) is 0.637. The van der Waals surface area contributed by atoms with E-state index in [4.69, 9.17) is 9.47 Å². The molecule has 1 aromatic rings. The van der Waals surface area contributed by atoms with E-state index in [9.17, 15) is 22.8 Å². The molecule has 3 aliphatic rings. The van der Waals surface area contributed by atoms with Crippen molar-refractivity contribution in [2.75, 3.05) is 39.5 Å². The van der Waals surface area contributed by atoms with Gasteiger partial charge in [-0.15, -0.1) is 0 Å². The van der Waals surface area contributed by atoms with Crippen LogP contribution in [0, 0.1) is 23.7 Å². The molecule has 3 heterocycles. The first kappa shape index (κ1) is 25.7. The monoisotopic (exact) mass is 497 g/mol. The first-order valence-corrected chi connectivity index (χ1v) is 12.6. The van der Waals surface area contributed by atoms with Gasteiger partial charge in [0.15, 0.2) is 11.4 Å². The quantitative estimate of drug-likeness (QED) is 0.619. The summed E-state index contributed by atoms with van der Waals surface area (Å²) >= 11 is 0. The summed E-state index contributed by atoms with van der Waals surface area (Å²) in [5.74, 6) is -1.01. The predicted octanol–water partition coefficient (Wildman–Crippen LogP) is 3.83. The molecular formula is C25H34F3N3O4. The highest BCUT2D eigenvalue weighted by atomic mass is 19.4. The van der Waals surface area contributed by atoms with Crippen LogP contribution in [-0.2, 0) is 9.53 Å². The number of hydrogen-bond acceptors (Lipinski definition) is 5. The number of pyridine rings is 1. The van der Waals surface area contributed by atoms with Crippen molar-refractivity contribution in [3.63, 3.8) is 0 Å². The Hall–Kier alpha value is -2.36. The number of hydrogen-bond donors (Lipinski definition) is 1. The molecule has 7 nitrogen and oxygen atoms in total. The lowest BCUT2D eigenvalue weighted by Gasteiger charge is -2.31. The zero-order valence-corrected chi connectivity index (χ0v) is 19.9. The van der Waals surface area contributed by atoms with Gasteiger partial charge in [-0.25, -0.2) is 4.98 Å². The molecule has 194 valence electrons. The Morgan fingerprint density at radius 1 is 1.09 bits per heavy atom. The third kappa shape index (κ3) is 6.86. The molecule has 0 radical (unpaired) electrons. The minimum absolute atomic E-state index is 0.0284. The maximum Gasteiger partial charge on any atom is 0.391 e. The number of likely N-dealkylation sites (tertiary alicyclic amines) is 1. The second kappa shape index (κ2) is 11.6. The van der Waals surface area contributed by atoms with Gasteiger partial charge in [-0.1, -0.05) is 0 Å². The highest BCUT2D eigenvalue weighted by Crippen LogP contribution is 2.40. The SMILES string of the molecule is O=C(NCC1CCOCC1)c1ncccc1OCC1CCN(C(=O)C2CCC(C(F)(F)F)CC2)C1. The van der Waals surface area contributed by atoms with Gasteiger partial charge in [-0.05, 0) is 63.0 Å². The first-order chi connectivity index (χ1) is 16.8. The molecule has 1 aliphatic carbocycles. The number of nitrogens with zero attached hydrogens (tertiary/aromatic N) is 2. The standard InChI is InChI=1S/C25H34F3N3O4/c26-25(27,28)20-5-3-19(4-6-20)24(33)31-11-7-18(15-31)16-35-21-2-1-10-29-22(21)23(32)30-14-17-8-12-34-13-9-17/h1-2,10,17-20H,3-9,11-16H2,(H,30,32). The summed E-state index contributed by atoms with van der Waals surface area (Å²) in [7, 11) is 0. The smallest absolute Gasteiger partial charge is 0.391 e. The number of carbonyl (C=O) groups is 2. The Bertz CT molecular complexity index is 868. The number of alkyl halides is 3. The fourth-order valence-corrected chi connectivity index (χ4v) is 5.25. The molecule has 2 aliphatic heterocycles. The molecule has 1 saturated carbocycles. The molecule has 35 heavy (non-hydrogen) atoms. The molecule has 1 unspecified atom stereocenters. The lowest BCUT2D eigenvalue weighted by atomic mass is 9.81. The molecule has 0 bridgehead atoms. The van der Waals surface area contributed by atoms with Crippen LogP contribution in [0.4, 0.5) is 13.2 Å². The summed E-state index contributed by atoms with van der Waals surface area (Å²) in [5, 5.41) is 2.95. The zero-order valence-electron chi connectivity index (χ0n) is 19.9. The molecule has 4 rings (SSSR count). The van der Waals surface area contributed by atoms with Crippen LogP contribution in [0.25, 0.3) is 0 Å². The average Bonchev–Trinajstić information content (AvgIpc) is 3.35. The normalized spacial score (nSPS) is 25.9. The Balaban J connectivity index is 1.23. The van der Waals surface area contributed by atoms with Crippen LogP contribution in [0.2, 0.25) is 0 Å². The second-order valence-corrected chi connectivity index (χ2v) is 9.96. The average molecular weight is 498 g/mol. The number of rotatable bonds is 7. The van der Waals surface area contributed by atoms with Crippen LogP contribution in [-0.4, -0.2) is 67.3 Å². The molecule has 1 aromatic heterocycles. The summed E-state index contributed by atoms with van der Waals surface area (Å²) in [5.41, 5.74) is 0.243. The van der Waals surface area contributed by atoms with Crippen molar-refractivity contribution in [1.29, 1.82) is 0 Å². The third-order valence-corrected chi connectivity index (χ3v) is 7.49. The summed E-state index contributed by atoms with van der Waals surface area (Å²) in [4.78, 5) is 31.5. The topological polar surface area (TPSA) is 80.8 Å². The Morgan fingerprint density at radius 3 is 2.54 bits per heavy atom. The summed E-state index contributed by atoms with van der Waals surface area (Å²) in [6.45, 7) is 3.45. The minimum atomic E-state index is -4.17. The van der Waals surface area contributed by atoms with E-state index >= 15 is 0 Å². The minimum Gasteiger partial charge on any atom is -0.491 e. The number of halogens is 3. The fraction of sp³-hybridized carbons (Fsp3) is 0.720. The first-order valence-electron chi connectivity index (χ1n) is 12.6. The van der Waals surface area contributed by atoms with E-state index in [1.807, 2.05) is 0 Å². The van der Waals surface area contributed by atoms with E-state index in [0.717, 1.165) is 19.3 Å². The van der Waals surface area contributed by atoms with Gasteiger partial charge in [0.25, 0.3) is 5.91 Å². The van der Waals surface area contributed by atoms with Gasteiger partial charge in [-0.3, -0.25) is 9.59 Å². The van der Waals surface area contributed by atoms with Crippen LogP contribution in [0.1, 0.15) is 55.4 Å². The van der Waals surface area contributed by atoms with E-state index in [2.05, 4.69) is 10.3 Å². The van der Waals surface area contributed by atoms with Gasteiger partial charge in [-0.2, -0.15) is 13.2 Å². The van der Waals surface area contributed by atoms with Crippen molar-refractivity contribution in [1.82, 2.24) is 15.2 Å². The highest BCUT2D eigenvalue weighted by Gasteiger charge is 2.43. The van der Waals surface area contributed by atoms with E-state index < -0.39 is 12.1 Å². The maximum absolute atomic E-state index is 12.9. The van der Waals surface area contributed by atoms with E-state index in [1.165, 1.54) is 0 Å². The molecule has 0 spiro atoms. The molecule has 2 saturated heterocycles. The van der Waals surface area contributed by atoms with Gasteiger partial charge >= 0.3 is 6.18 Å². The zero-order chi connectivity index (χ0) is 24.8. The molecule has 1 N–H and O–H groups in total. The van der Waals surface area contributed by atoms with Crippen molar-refractivity contribution in [3.8, 4) is 5.75 Å². The molecule has 0 aromatic carbocycles. The molecule has 2 amide bonds. The number of amides is 2. The van der Waals surface area contributed by atoms with Crippen LogP contribution >= 0.6 is 0 Å². The molecule has 3 fully saturated rings. The third-order valence-electron chi connectivity index (χ3n) is 7.49. The van der Waals surface area contributed by atoms with Crippen molar-refractivity contribution >= 4 is 11.8 Å². The Kier molecular flexibility index (Phi) is 8.51. The van der Waals surface area contributed by atoms with Gasteiger partial charge in [0.2, 0.25) is 5.91 Å². The van der Waals surface area contributed by atoms with Crippen molar-refractivity contribution in [3.05, 3.63) is 24.0 Å². The van der Waals surface area contributed by atoms with E-state index in [-0.39, 0.29) is 42.2 Å². The molecule has 1 atom stereocenters. The predicted molar refractivity (Wildman–Crippen MR) is 122 cm³/mol. The highest BCUT2D eigenvalue weighted by molar-refractivity contribution is 5.94. The fourth-order valence-electron chi connectivity index (χ4n) is 5.25. The number of aromatic nitrogens is 1. The van der Waals surface area contributed by atoms with Crippen LogP contribution in [0.3, 0.4) is 0 Å². The van der Waals surface area contributed by atoms with Crippen LogP contribution < -0.4 is 10.1 Å². The van der Waals surface area contributed by atoms with Crippen LogP contribution in [0.5, 0.6) is 5.75 Å². The molecular weight excluding hydrogens is 463 g/mol. The van der Waals surface area contributed by atoms with Crippen LogP contribution in [0.15, 0.2) is 18.3 Å². The van der Waals surface area contributed by atoms with Gasteiger partial charge < -0.3 is 19.7 Å². The van der Waals surface area contributed by atoms with Crippen molar-refractivity contribution < 1.29 is 32.2 Å². The Morgan fingerprint density at radius 2 is 1.83 bits per heavy atom. The van der Waals surface area contributed by atoms with E-state index in [1.54, 1.807) is 23.2 Å². The van der Waals surface area contributed by atoms with Gasteiger partial charge in [0.05, 0.1) is 12.5 Å². The number of nitrogens with one attached hydrogen (secondary N) is 1. The largest absolute Gasteiger partial charge is 0.491 e. The van der Waals surface area contributed by atoms with Gasteiger partial charge in [0, 0.05) is 50.9 Å². The maximum atomic E-state index is 12.9. The second-order valence-electron chi connectivity index (χ2n) is 9.96.